The number of halogens is 3. The minimum atomic E-state index is -4.92. The fourth-order valence-electron chi connectivity index (χ4n) is 3.54. The number of rotatable bonds is 16. The molecule has 15 nitrogen and oxygen atoms in total. The number of benzene rings is 2. The van der Waals surface area contributed by atoms with Crippen LogP contribution in [0.3, 0.4) is 0 Å². The molecule has 0 amide bonds. The summed E-state index contributed by atoms with van der Waals surface area (Å²) in [6.07, 6.45) is -0.287. The van der Waals surface area contributed by atoms with Gasteiger partial charge in [0.25, 0.3) is 10.0 Å². The van der Waals surface area contributed by atoms with Crippen LogP contribution in [-0.4, -0.2) is 52.9 Å². The van der Waals surface area contributed by atoms with Gasteiger partial charge in [0.2, 0.25) is 0 Å². The van der Waals surface area contributed by atoms with Crippen LogP contribution >= 0.6 is 42.1 Å². The predicted octanol–water partition coefficient (Wildman–Crippen LogP) is -1.67. The molecule has 0 saturated carbocycles. The second kappa shape index (κ2) is 15.6. The van der Waals surface area contributed by atoms with Crippen LogP contribution in [0.4, 0.5) is 4.39 Å². The first-order valence-electron chi connectivity index (χ1n) is 12.8. The van der Waals surface area contributed by atoms with Crippen molar-refractivity contribution in [1.82, 2.24) is 4.72 Å². The number of hydrogen-bond acceptors (Lipinski definition) is 9. The largest absolute Gasteiger partial charge is 0.768 e. The van der Waals surface area contributed by atoms with Crippen molar-refractivity contribution in [3.8, 4) is 23.3 Å². The molecule has 0 aliphatic rings. The summed E-state index contributed by atoms with van der Waals surface area (Å²) in [5.41, 5.74) is 21.2. The highest BCUT2D eigenvalue weighted by atomic mass is 35.5. The van der Waals surface area contributed by atoms with Crippen LogP contribution in [0.1, 0.15) is 18.4 Å². The minimum Gasteiger partial charge on any atom is -0.768 e. The van der Waals surface area contributed by atoms with Crippen molar-refractivity contribution in [2.24, 2.45) is 22.9 Å². The highest BCUT2D eigenvalue weighted by molar-refractivity contribution is 7.92. The minimum absolute atomic E-state index is 0.00158. The molecule has 21 heteroatoms. The van der Waals surface area contributed by atoms with E-state index in [1.807, 2.05) is 4.72 Å². The highest BCUT2D eigenvalue weighted by Gasteiger charge is 2.27. The first-order chi connectivity index (χ1) is 21.1. The number of thiophene rings is 1. The van der Waals surface area contributed by atoms with E-state index < -0.39 is 35.5 Å². The standard InChI is InChI=1S/C24H28Cl2FN8O7PS2/c25-18-15-10-17(45(38,39)35-12-43(36,37)42-14-4-3-13(11-28)16(27)9-14)44-22(15)19(26)21(41-8-2-6-34-24(31)32)20(18)40-7-1-5-33-23(29)30/h3-4,9-10,35H,1-2,5-8,12H2,(H,36,37)(H4,29,30,33)(H4,31,32,34)/p+1. The van der Waals surface area contributed by atoms with Gasteiger partial charge < -0.3 is 18.9 Å². The molecule has 2 aromatic carbocycles. The molecule has 1 aromatic heterocycles. The number of nitrogens with one attached hydrogen (secondary N) is 3. The molecule has 11 N–H and O–H groups in total. The second-order valence-corrected chi connectivity index (χ2v) is 14.5. The summed E-state index contributed by atoms with van der Waals surface area (Å²) >= 11 is 14.0. The van der Waals surface area contributed by atoms with Crippen molar-refractivity contribution in [3.05, 3.63) is 45.7 Å². The molecular weight excluding hydrogens is 697 g/mol. The van der Waals surface area contributed by atoms with Crippen molar-refractivity contribution in [2.45, 2.75) is 17.1 Å². The van der Waals surface area contributed by atoms with Gasteiger partial charge in [0, 0.05) is 24.3 Å². The Kier molecular flexibility index (Phi) is 12.5. The summed E-state index contributed by atoms with van der Waals surface area (Å²) in [7, 11) is -9.37. The summed E-state index contributed by atoms with van der Waals surface area (Å²) in [5, 5.41) is 9.02. The number of hydrogen-bond donors (Lipinski definition) is 7. The van der Waals surface area contributed by atoms with Gasteiger partial charge in [-0.25, -0.2) is 17.5 Å². The lowest BCUT2D eigenvalue weighted by molar-refractivity contribution is -0.460. The Balaban J connectivity index is 1.87. The van der Waals surface area contributed by atoms with Gasteiger partial charge in [0.15, 0.2) is 19.1 Å². The summed E-state index contributed by atoms with van der Waals surface area (Å²) in [6, 6.07) is 5.56. The van der Waals surface area contributed by atoms with E-state index in [4.69, 9.17) is 65.4 Å². The number of nitrogens with zero attached hydrogens (tertiary/aromatic N) is 1. The molecule has 3 rings (SSSR count). The van der Waals surface area contributed by atoms with E-state index in [2.05, 4.69) is 9.98 Å². The average molecular weight is 727 g/mol. The van der Waals surface area contributed by atoms with E-state index in [1.165, 1.54) is 6.07 Å². The van der Waals surface area contributed by atoms with E-state index in [1.54, 1.807) is 6.07 Å². The van der Waals surface area contributed by atoms with Crippen LogP contribution in [0.5, 0.6) is 17.2 Å². The van der Waals surface area contributed by atoms with Crippen LogP contribution in [-0.2, 0) is 14.6 Å². The fraction of sp³-hybridized carbons (Fsp3) is 0.292. The van der Waals surface area contributed by atoms with E-state index >= 15 is 0 Å². The van der Waals surface area contributed by atoms with Crippen LogP contribution in [0.25, 0.3) is 10.1 Å². The zero-order valence-electron chi connectivity index (χ0n) is 23.3. The molecule has 3 aromatic rings. The van der Waals surface area contributed by atoms with E-state index in [0.717, 1.165) is 12.1 Å². The Morgan fingerprint density at radius 2 is 1.62 bits per heavy atom. The third-order valence-corrected chi connectivity index (χ3v) is 10.7. The summed E-state index contributed by atoms with van der Waals surface area (Å²) < 4.78 is 70.9. The summed E-state index contributed by atoms with van der Waals surface area (Å²) in [6.45, 7) is 1.01. The van der Waals surface area contributed by atoms with Gasteiger partial charge in [-0.05, 0) is 18.2 Å². The fourth-order valence-corrected chi connectivity index (χ4v) is 8.17. The molecule has 0 saturated heterocycles. The maximum absolute atomic E-state index is 13.8. The average Bonchev–Trinajstić information content (AvgIpc) is 3.42. The third kappa shape index (κ3) is 9.96. The van der Waals surface area contributed by atoms with Crippen LogP contribution in [0, 0.1) is 17.1 Å². The smallest absolute Gasteiger partial charge is 0.338 e. The molecule has 1 heterocycles. The van der Waals surface area contributed by atoms with Gasteiger partial charge >= 0.3 is 11.9 Å². The Morgan fingerprint density at radius 3 is 2.16 bits per heavy atom. The second-order valence-electron chi connectivity index (χ2n) is 9.02. The maximum atomic E-state index is 13.8. The molecular formula is C24H29Cl2FN8O7PS2+. The lowest BCUT2D eigenvalue weighted by Gasteiger charge is -2.24. The molecule has 1 atom stereocenters. The van der Waals surface area contributed by atoms with Crippen LogP contribution in [0.15, 0.2) is 28.5 Å². The van der Waals surface area contributed by atoms with Crippen LogP contribution in [0.2, 0.25) is 10.0 Å². The van der Waals surface area contributed by atoms with Crippen molar-refractivity contribution in [3.63, 3.8) is 0 Å². The first-order valence-corrected chi connectivity index (χ1v) is 17.6. The monoisotopic (exact) mass is 725 g/mol. The molecule has 0 fully saturated rings. The van der Waals surface area contributed by atoms with Gasteiger partial charge in [-0.3, -0.25) is 37.5 Å². The summed E-state index contributed by atoms with van der Waals surface area (Å²) in [5.74, 6) is -1.26. The van der Waals surface area contributed by atoms with Crippen molar-refractivity contribution in [1.29, 1.82) is 5.26 Å². The number of ether oxygens (including phenoxy) is 2. The predicted molar refractivity (Wildman–Crippen MR) is 165 cm³/mol. The maximum Gasteiger partial charge on any atom is 0.338 e. The van der Waals surface area contributed by atoms with E-state index in [0.29, 0.717) is 43.3 Å². The van der Waals surface area contributed by atoms with Crippen molar-refractivity contribution in [2.75, 3.05) is 32.6 Å². The zero-order chi connectivity index (χ0) is 33.4. The van der Waals surface area contributed by atoms with Gasteiger partial charge in [-0.1, -0.05) is 23.2 Å². The Morgan fingerprint density at radius 1 is 1.04 bits per heavy atom. The molecule has 45 heavy (non-hydrogen) atoms. The Labute approximate surface area is 271 Å². The topological polar surface area (TPSA) is 270 Å². The van der Waals surface area contributed by atoms with Gasteiger partial charge in [0.05, 0.1) is 47.9 Å². The van der Waals surface area contributed by atoms with Gasteiger partial charge in [0.1, 0.15) is 26.9 Å². The van der Waals surface area contributed by atoms with Gasteiger partial charge in [-0.2, -0.15) is 5.26 Å². The Hall–Kier alpha value is -3.56. The first kappa shape index (κ1) is 35.9. The van der Waals surface area contributed by atoms with Crippen molar-refractivity contribution < 1.29 is 46.2 Å². The number of nitriles is 1. The molecule has 244 valence electrons. The number of sulfonamides is 1. The third-order valence-electron chi connectivity index (χ3n) is 5.56. The molecule has 0 bridgehead atoms. The van der Waals surface area contributed by atoms with E-state index in [-0.39, 0.29) is 66.5 Å². The van der Waals surface area contributed by atoms with Gasteiger partial charge in [-0.15, -0.1) is 11.3 Å². The lowest BCUT2D eigenvalue weighted by Crippen LogP contribution is -2.78. The normalized spacial score (nSPS) is 12.6. The number of fused-ring (bicyclic) bond motifs is 1. The molecule has 1 unspecified atom stereocenters. The van der Waals surface area contributed by atoms with Crippen LogP contribution < -0.4 is 56.5 Å². The number of guanidine groups is 2. The SMILES string of the molecule is N#Cc1ccc(OP(=O)([O-])CNS(=O)(=O)c2cc3c(Cl)c(OCCC[NH+]=C(N)N)c(OCCC[NH+]=C(N)N)c(Cl)c3s2)cc1F. The molecule has 0 radical (unpaired) electrons. The van der Waals surface area contributed by atoms with Crippen molar-refractivity contribution >= 4 is 74.2 Å². The summed E-state index contributed by atoms with van der Waals surface area (Å²) in [4.78, 5) is 17.9. The Bertz CT molecular complexity index is 1740. The zero-order valence-corrected chi connectivity index (χ0v) is 27.3. The molecule has 0 aliphatic carbocycles. The quantitative estimate of drug-likeness (QED) is 0.0378. The highest BCUT2D eigenvalue weighted by Crippen LogP contribution is 2.51. The number of nitrogens with two attached hydrogens (primary N) is 4. The van der Waals surface area contributed by atoms with E-state index in [9.17, 15) is 22.3 Å². The molecule has 0 spiro atoms. The lowest BCUT2D eigenvalue weighted by atomic mass is 10.2. The molecule has 0 aliphatic heterocycles.